The van der Waals surface area contributed by atoms with Gasteiger partial charge in [-0.3, -0.25) is 0 Å². The fraction of sp³-hybridized carbons (Fsp3) is 0. The molecule has 0 spiro atoms. The fourth-order valence-electron chi connectivity index (χ4n) is 1.79. The van der Waals surface area contributed by atoms with Crippen molar-refractivity contribution in [3.05, 3.63) is 54.1 Å². The number of hydrogen-bond donors (Lipinski definition) is 1. The molecule has 0 aliphatic rings. The van der Waals surface area contributed by atoms with Gasteiger partial charge >= 0.3 is 0 Å². The predicted octanol–water partition coefficient (Wildman–Crippen LogP) is 3.77. The van der Waals surface area contributed by atoms with Gasteiger partial charge in [0.15, 0.2) is 0 Å². The van der Waals surface area contributed by atoms with E-state index < -0.39 is 0 Å². The van der Waals surface area contributed by atoms with E-state index in [4.69, 9.17) is 5.21 Å². The Hall–Kier alpha value is -2.20. The first kappa shape index (κ1) is 10.9. The molecule has 0 radical (unpaired) electrons. The Morgan fingerprint density at radius 1 is 1.11 bits per heavy atom. The van der Waals surface area contributed by atoms with E-state index in [9.17, 15) is 0 Å². The molecule has 0 saturated carbocycles. The molecule has 3 nitrogen and oxygen atoms in total. The van der Waals surface area contributed by atoms with Crippen LogP contribution in [-0.4, -0.2) is 16.4 Å². The fourth-order valence-corrected chi connectivity index (χ4v) is 2.81. The van der Waals surface area contributed by atoms with Crippen LogP contribution >= 0.6 is 11.3 Å². The number of thiazole rings is 1. The highest BCUT2D eigenvalue weighted by atomic mass is 32.1. The van der Waals surface area contributed by atoms with Crippen molar-refractivity contribution in [3.8, 4) is 10.6 Å². The second kappa shape index (κ2) is 4.58. The number of nitrogens with zero attached hydrogens (tertiary/aromatic N) is 2. The maximum atomic E-state index is 8.53. The van der Waals surface area contributed by atoms with E-state index in [1.165, 1.54) is 6.21 Å². The van der Waals surface area contributed by atoms with Crippen molar-refractivity contribution in [1.82, 2.24) is 4.98 Å². The number of aromatic nitrogens is 1. The lowest BCUT2D eigenvalue weighted by Crippen LogP contribution is -1.79. The van der Waals surface area contributed by atoms with E-state index in [1.54, 1.807) is 11.3 Å². The second-order valence-corrected chi connectivity index (χ2v) is 4.89. The molecule has 0 unspecified atom stereocenters. The highest BCUT2D eigenvalue weighted by Crippen LogP contribution is 2.30. The van der Waals surface area contributed by atoms with Gasteiger partial charge in [-0.15, -0.1) is 11.3 Å². The monoisotopic (exact) mass is 254 g/mol. The molecule has 0 bridgehead atoms. The van der Waals surface area contributed by atoms with E-state index in [2.05, 4.69) is 10.1 Å². The van der Waals surface area contributed by atoms with Crippen LogP contribution in [0.1, 0.15) is 5.56 Å². The molecule has 3 rings (SSSR count). The van der Waals surface area contributed by atoms with Crippen LogP contribution in [0, 0.1) is 0 Å². The van der Waals surface area contributed by atoms with Crippen LogP contribution < -0.4 is 0 Å². The summed E-state index contributed by atoms with van der Waals surface area (Å²) in [5, 5.41) is 12.6. The molecular formula is C14H10N2OS. The average molecular weight is 254 g/mol. The topological polar surface area (TPSA) is 45.5 Å². The highest BCUT2D eigenvalue weighted by Gasteiger charge is 2.05. The van der Waals surface area contributed by atoms with Crippen LogP contribution in [0.25, 0.3) is 20.8 Å². The molecule has 0 fully saturated rings. The summed E-state index contributed by atoms with van der Waals surface area (Å²) in [5.74, 6) is 0. The van der Waals surface area contributed by atoms with Crippen molar-refractivity contribution in [2.75, 3.05) is 0 Å². The normalized spacial score (nSPS) is 11.3. The molecule has 2 aromatic carbocycles. The smallest absolute Gasteiger partial charge is 0.124 e. The van der Waals surface area contributed by atoms with Crippen molar-refractivity contribution in [3.63, 3.8) is 0 Å². The zero-order valence-electron chi connectivity index (χ0n) is 9.45. The molecular weight excluding hydrogens is 244 g/mol. The maximum absolute atomic E-state index is 8.53. The van der Waals surface area contributed by atoms with E-state index in [0.717, 1.165) is 26.4 Å². The molecule has 0 saturated heterocycles. The summed E-state index contributed by atoms with van der Waals surface area (Å²) in [5.41, 5.74) is 2.96. The highest BCUT2D eigenvalue weighted by molar-refractivity contribution is 7.21. The minimum absolute atomic E-state index is 0.869. The molecule has 0 amide bonds. The first-order valence-electron chi connectivity index (χ1n) is 5.50. The van der Waals surface area contributed by atoms with Crippen LogP contribution in [0.2, 0.25) is 0 Å². The zero-order chi connectivity index (χ0) is 12.4. The largest absolute Gasteiger partial charge is 0.411 e. The quantitative estimate of drug-likeness (QED) is 0.430. The molecule has 4 heteroatoms. The Kier molecular flexibility index (Phi) is 2.78. The lowest BCUT2D eigenvalue weighted by Gasteiger charge is -1.92. The molecule has 0 aliphatic heterocycles. The van der Waals surface area contributed by atoms with Gasteiger partial charge in [-0.2, -0.15) is 0 Å². The number of rotatable bonds is 2. The van der Waals surface area contributed by atoms with Crippen LogP contribution in [0.3, 0.4) is 0 Å². The van der Waals surface area contributed by atoms with Gasteiger partial charge in [-0.05, 0) is 17.7 Å². The van der Waals surface area contributed by atoms with Gasteiger partial charge in [0, 0.05) is 5.56 Å². The molecule has 3 aromatic rings. The van der Waals surface area contributed by atoms with Gasteiger partial charge in [0.1, 0.15) is 5.01 Å². The third-order valence-corrected chi connectivity index (χ3v) is 3.71. The van der Waals surface area contributed by atoms with Crippen LogP contribution in [0.15, 0.2) is 53.7 Å². The molecule has 0 atom stereocenters. The molecule has 88 valence electrons. The number of oxime groups is 1. The van der Waals surface area contributed by atoms with Gasteiger partial charge < -0.3 is 5.21 Å². The number of benzene rings is 2. The molecule has 0 aliphatic carbocycles. The van der Waals surface area contributed by atoms with Gasteiger partial charge in [0.2, 0.25) is 0 Å². The maximum Gasteiger partial charge on any atom is 0.124 e. The first-order valence-corrected chi connectivity index (χ1v) is 6.32. The summed E-state index contributed by atoms with van der Waals surface area (Å²) in [6.45, 7) is 0. The van der Waals surface area contributed by atoms with Crippen LogP contribution in [-0.2, 0) is 0 Å². The predicted molar refractivity (Wildman–Crippen MR) is 74.4 cm³/mol. The van der Waals surface area contributed by atoms with Crippen molar-refractivity contribution in [1.29, 1.82) is 0 Å². The standard InChI is InChI=1S/C14H10N2OS/c17-15-9-10-6-7-12-13(8-10)18-14(16-12)11-4-2-1-3-5-11/h1-9,17H/b15-9-. The van der Waals surface area contributed by atoms with Gasteiger partial charge in [0.05, 0.1) is 16.4 Å². The molecule has 1 aromatic heterocycles. The van der Waals surface area contributed by atoms with Crippen molar-refractivity contribution >= 4 is 27.8 Å². The van der Waals surface area contributed by atoms with Crippen molar-refractivity contribution in [2.24, 2.45) is 5.16 Å². The van der Waals surface area contributed by atoms with Crippen LogP contribution in [0.5, 0.6) is 0 Å². The summed E-state index contributed by atoms with van der Waals surface area (Å²) in [7, 11) is 0. The Balaban J connectivity index is 2.11. The third kappa shape index (κ3) is 1.98. The van der Waals surface area contributed by atoms with E-state index in [1.807, 2.05) is 48.5 Å². The first-order chi connectivity index (χ1) is 8.86. The number of hydrogen-bond acceptors (Lipinski definition) is 4. The third-order valence-electron chi connectivity index (χ3n) is 2.64. The number of fused-ring (bicyclic) bond motifs is 1. The lowest BCUT2D eigenvalue weighted by molar-refractivity contribution is 0.322. The summed E-state index contributed by atoms with van der Waals surface area (Å²) in [6.07, 6.45) is 1.42. The summed E-state index contributed by atoms with van der Waals surface area (Å²) in [4.78, 5) is 4.60. The van der Waals surface area contributed by atoms with Crippen molar-refractivity contribution < 1.29 is 5.21 Å². The minimum Gasteiger partial charge on any atom is -0.411 e. The molecule has 1 N–H and O–H groups in total. The van der Waals surface area contributed by atoms with E-state index in [-0.39, 0.29) is 0 Å². The summed E-state index contributed by atoms with van der Waals surface area (Å²) < 4.78 is 1.09. The van der Waals surface area contributed by atoms with Gasteiger partial charge in [-0.1, -0.05) is 41.6 Å². The van der Waals surface area contributed by atoms with Gasteiger partial charge in [0.25, 0.3) is 0 Å². The minimum atomic E-state index is 0.869. The second-order valence-electron chi connectivity index (χ2n) is 3.86. The Morgan fingerprint density at radius 3 is 2.72 bits per heavy atom. The van der Waals surface area contributed by atoms with Gasteiger partial charge in [-0.25, -0.2) is 4.98 Å². The van der Waals surface area contributed by atoms with Crippen LogP contribution in [0.4, 0.5) is 0 Å². The SMILES string of the molecule is O/N=C\c1ccc2nc(-c3ccccc3)sc2c1. The van der Waals surface area contributed by atoms with E-state index in [0.29, 0.717) is 0 Å². The Bertz CT molecular complexity index is 704. The summed E-state index contributed by atoms with van der Waals surface area (Å²) >= 11 is 1.64. The molecule has 1 heterocycles. The van der Waals surface area contributed by atoms with E-state index >= 15 is 0 Å². The zero-order valence-corrected chi connectivity index (χ0v) is 10.3. The Morgan fingerprint density at radius 2 is 1.94 bits per heavy atom. The Labute approximate surface area is 108 Å². The molecule has 18 heavy (non-hydrogen) atoms. The van der Waals surface area contributed by atoms with Crippen molar-refractivity contribution in [2.45, 2.75) is 0 Å². The summed E-state index contributed by atoms with van der Waals surface area (Å²) in [6, 6.07) is 15.9. The average Bonchev–Trinajstić information content (AvgIpc) is 2.83. The lowest BCUT2D eigenvalue weighted by atomic mass is 10.2.